The number of hydrogen-bond acceptors (Lipinski definition) is 5. The lowest BCUT2D eigenvalue weighted by Crippen LogP contribution is -2.24. The summed E-state index contributed by atoms with van der Waals surface area (Å²) >= 11 is 3.16. The van der Waals surface area contributed by atoms with Crippen LogP contribution in [-0.4, -0.2) is 16.1 Å². The van der Waals surface area contributed by atoms with Crippen molar-refractivity contribution in [3.63, 3.8) is 0 Å². The fourth-order valence-corrected chi connectivity index (χ4v) is 2.76. The van der Waals surface area contributed by atoms with Crippen LogP contribution in [0.5, 0.6) is 0 Å². The van der Waals surface area contributed by atoms with E-state index in [4.69, 9.17) is 0 Å². The van der Waals surface area contributed by atoms with Gasteiger partial charge in [-0.2, -0.15) is 11.3 Å². The van der Waals surface area contributed by atoms with Crippen LogP contribution in [0.2, 0.25) is 0 Å². The van der Waals surface area contributed by atoms with Crippen molar-refractivity contribution in [2.24, 2.45) is 0 Å². The molecule has 3 nitrogen and oxygen atoms in total. The van der Waals surface area contributed by atoms with Crippen LogP contribution in [0.25, 0.3) is 0 Å². The van der Waals surface area contributed by atoms with Crippen molar-refractivity contribution in [2.75, 3.05) is 6.54 Å². The van der Waals surface area contributed by atoms with Crippen molar-refractivity contribution >= 4 is 22.9 Å². The Morgan fingerprint density at radius 1 is 1.44 bits per heavy atom. The van der Waals surface area contributed by atoms with Crippen molar-refractivity contribution in [3.8, 4) is 0 Å². The first-order valence-corrected chi connectivity index (χ1v) is 7.19. The Morgan fingerprint density at radius 2 is 2.38 bits per heavy atom. The second-order valence-electron chi connectivity index (χ2n) is 3.67. The van der Waals surface area contributed by atoms with E-state index in [1.54, 1.807) is 11.3 Å². The number of rotatable bonds is 6. The van der Waals surface area contributed by atoms with E-state index >= 15 is 0 Å². The zero-order valence-corrected chi connectivity index (χ0v) is 10.9. The molecule has 0 fully saturated rings. The highest BCUT2D eigenvalue weighted by Crippen LogP contribution is 2.19. The molecule has 0 aromatic carbocycles. The first-order chi connectivity index (χ1) is 7.90. The summed E-state index contributed by atoms with van der Waals surface area (Å²) in [6.07, 6.45) is 2.13. The predicted octanol–water partition coefficient (Wildman–Crippen LogP) is 2.88. The lowest BCUT2D eigenvalue weighted by atomic mass is 10.1. The maximum atomic E-state index is 4.16. The summed E-state index contributed by atoms with van der Waals surface area (Å²) in [6, 6.07) is 2.47. The van der Waals surface area contributed by atoms with Gasteiger partial charge in [0, 0.05) is 5.38 Å². The number of nitrogens with one attached hydrogen (secondary N) is 1. The fraction of sp³-hybridized carbons (Fsp3) is 0.455. The Labute approximate surface area is 104 Å². The van der Waals surface area contributed by atoms with Crippen molar-refractivity contribution in [2.45, 2.75) is 25.8 Å². The Balaban J connectivity index is 2.03. The summed E-state index contributed by atoms with van der Waals surface area (Å²) < 4.78 is 3.93. The highest BCUT2D eigenvalue weighted by molar-refractivity contribution is 7.08. The minimum Gasteiger partial charge on any atom is -0.308 e. The van der Waals surface area contributed by atoms with Crippen molar-refractivity contribution in [1.82, 2.24) is 14.9 Å². The van der Waals surface area contributed by atoms with Gasteiger partial charge in [-0.25, -0.2) is 0 Å². The van der Waals surface area contributed by atoms with Crippen molar-refractivity contribution in [3.05, 3.63) is 33.5 Å². The normalized spacial score (nSPS) is 12.8. The van der Waals surface area contributed by atoms with Crippen LogP contribution in [0.15, 0.2) is 22.2 Å². The van der Waals surface area contributed by atoms with E-state index in [9.17, 15) is 0 Å². The first kappa shape index (κ1) is 11.7. The highest BCUT2D eigenvalue weighted by Gasteiger charge is 2.14. The van der Waals surface area contributed by atoms with E-state index in [0.717, 1.165) is 25.1 Å². The van der Waals surface area contributed by atoms with Gasteiger partial charge in [0.05, 0.1) is 11.7 Å². The average Bonchev–Trinajstić information content (AvgIpc) is 2.96. The van der Waals surface area contributed by atoms with Crippen molar-refractivity contribution < 1.29 is 0 Å². The molecule has 0 saturated carbocycles. The number of aromatic nitrogens is 2. The second-order valence-corrected chi connectivity index (χ2v) is 5.06. The fourth-order valence-electron chi connectivity index (χ4n) is 1.57. The molecule has 5 heteroatoms. The maximum Gasteiger partial charge on any atom is 0.0928 e. The van der Waals surface area contributed by atoms with Gasteiger partial charge in [-0.1, -0.05) is 11.4 Å². The largest absolute Gasteiger partial charge is 0.308 e. The van der Waals surface area contributed by atoms with E-state index in [2.05, 4.69) is 38.7 Å². The third kappa shape index (κ3) is 3.10. The van der Waals surface area contributed by atoms with Gasteiger partial charge in [0.2, 0.25) is 0 Å². The standard InChI is InChI=1S/C11H15N3S2/c1-2-4-12-10(11-8-16-14-13-11)6-9-3-5-15-7-9/h3,5,7-8,10,12H,2,4,6H2,1H3. The SMILES string of the molecule is CCCNC(Cc1ccsc1)c1csnn1. The molecule has 0 amide bonds. The van der Waals surface area contributed by atoms with Gasteiger partial charge >= 0.3 is 0 Å². The molecular weight excluding hydrogens is 238 g/mol. The molecule has 0 aliphatic carbocycles. The Hall–Kier alpha value is -0.780. The molecule has 2 rings (SSSR count). The van der Waals surface area contributed by atoms with E-state index in [0.29, 0.717) is 6.04 Å². The average molecular weight is 253 g/mol. The van der Waals surface area contributed by atoms with Crippen LogP contribution in [0.3, 0.4) is 0 Å². The first-order valence-electron chi connectivity index (χ1n) is 5.41. The molecule has 86 valence electrons. The van der Waals surface area contributed by atoms with Crippen LogP contribution in [0.1, 0.15) is 30.6 Å². The van der Waals surface area contributed by atoms with Gasteiger partial charge in [0.15, 0.2) is 0 Å². The van der Waals surface area contributed by atoms with Crippen LogP contribution < -0.4 is 5.32 Å². The minimum atomic E-state index is 0.299. The quantitative estimate of drug-likeness (QED) is 0.860. The van der Waals surface area contributed by atoms with Crippen molar-refractivity contribution in [1.29, 1.82) is 0 Å². The molecule has 2 aromatic heterocycles. The molecule has 1 atom stereocenters. The molecule has 0 saturated heterocycles. The maximum absolute atomic E-state index is 4.16. The van der Waals surface area contributed by atoms with Gasteiger partial charge in [-0.15, -0.1) is 5.10 Å². The molecule has 0 aliphatic heterocycles. The third-order valence-electron chi connectivity index (χ3n) is 2.39. The van der Waals surface area contributed by atoms with Crippen LogP contribution >= 0.6 is 22.9 Å². The molecule has 1 N–H and O–H groups in total. The van der Waals surface area contributed by atoms with Gasteiger partial charge in [0.25, 0.3) is 0 Å². The zero-order chi connectivity index (χ0) is 11.2. The summed E-state index contributed by atoms with van der Waals surface area (Å²) in [6.45, 7) is 3.19. The summed E-state index contributed by atoms with van der Waals surface area (Å²) in [4.78, 5) is 0. The molecule has 0 spiro atoms. The third-order valence-corrected chi connectivity index (χ3v) is 3.65. The Morgan fingerprint density at radius 3 is 3.00 bits per heavy atom. The molecule has 2 heterocycles. The van der Waals surface area contributed by atoms with E-state index in [1.807, 2.05) is 5.38 Å². The van der Waals surface area contributed by atoms with E-state index in [-0.39, 0.29) is 0 Å². The molecule has 0 radical (unpaired) electrons. The lowest BCUT2D eigenvalue weighted by Gasteiger charge is -2.15. The topological polar surface area (TPSA) is 37.8 Å². The molecule has 16 heavy (non-hydrogen) atoms. The zero-order valence-electron chi connectivity index (χ0n) is 9.22. The Bertz CT molecular complexity index is 383. The lowest BCUT2D eigenvalue weighted by molar-refractivity contribution is 0.517. The molecule has 1 unspecified atom stereocenters. The summed E-state index contributed by atoms with van der Waals surface area (Å²) in [5.41, 5.74) is 2.43. The van der Waals surface area contributed by atoms with Crippen LogP contribution in [-0.2, 0) is 6.42 Å². The van der Waals surface area contributed by atoms with Crippen LogP contribution in [0, 0.1) is 0 Å². The molecule has 0 aliphatic rings. The molecular formula is C11H15N3S2. The smallest absolute Gasteiger partial charge is 0.0928 e. The van der Waals surface area contributed by atoms with Gasteiger partial charge in [0.1, 0.15) is 0 Å². The molecule has 0 bridgehead atoms. The summed E-state index contributed by atoms with van der Waals surface area (Å²) in [7, 11) is 0. The molecule has 2 aromatic rings. The number of hydrogen-bond donors (Lipinski definition) is 1. The van der Waals surface area contributed by atoms with E-state index < -0.39 is 0 Å². The predicted molar refractivity (Wildman–Crippen MR) is 69.0 cm³/mol. The number of thiophene rings is 1. The second kappa shape index (κ2) is 6.08. The van der Waals surface area contributed by atoms with Gasteiger partial charge < -0.3 is 5.32 Å². The Kier molecular flexibility index (Phi) is 4.44. The minimum absolute atomic E-state index is 0.299. The van der Waals surface area contributed by atoms with E-state index in [1.165, 1.54) is 17.1 Å². The van der Waals surface area contributed by atoms with Crippen LogP contribution in [0.4, 0.5) is 0 Å². The monoisotopic (exact) mass is 253 g/mol. The highest BCUT2D eigenvalue weighted by atomic mass is 32.1. The number of nitrogens with zero attached hydrogens (tertiary/aromatic N) is 2. The summed E-state index contributed by atoms with van der Waals surface area (Å²) in [5.74, 6) is 0. The van der Waals surface area contributed by atoms with Gasteiger partial charge in [-0.3, -0.25) is 0 Å². The summed E-state index contributed by atoms with van der Waals surface area (Å²) in [5, 5.41) is 14.0. The van der Waals surface area contributed by atoms with Gasteiger partial charge in [-0.05, 0) is 53.3 Å².